The van der Waals surface area contributed by atoms with E-state index in [4.69, 9.17) is 18.6 Å². The molecule has 2 aromatic rings. The zero-order chi connectivity index (χ0) is 14.8. The average molecular weight is 293 g/mol. The number of ether oxygens (including phenoxy) is 1. The van der Waals surface area contributed by atoms with E-state index in [1.54, 1.807) is 36.4 Å². The second-order valence-electron chi connectivity index (χ2n) is 3.54. The fourth-order valence-corrected chi connectivity index (χ4v) is 1.59. The van der Waals surface area contributed by atoms with Gasteiger partial charge in [-0.1, -0.05) is 47.0 Å². The van der Waals surface area contributed by atoms with Gasteiger partial charge in [0.15, 0.2) is 12.6 Å². The summed E-state index contributed by atoms with van der Waals surface area (Å²) in [5, 5.41) is 8.76. The van der Waals surface area contributed by atoms with E-state index in [0.29, 0.717) is 16.9 Å². The highest BCUT2D eigenvalue weighted by Gasteiger charge is 2.13. The standard InChI is InChI=1S/C14H12O3.O2S/c15-10-17-13-9-5-4-8-12(13)14(16)11-6-2-1-3-7-11;1-3-2/h1-9,15H,10H2;/p+1. The van der Waals surface area contributed by atoms with Crippen molar-refractivity contribution in [2.75, 3.05) is 6.79 Å². The molecular weight excluding hydrogens is 280 g/mol. The Bertz CT molecular complexity index is 557. The first-order valence-corrected chi connectivity index (χ1v) is 6.30. The van der Waals surface area contributed by atoms with Gasteiger partial charge in [-0.3, -0.25) is 4.79 Å². The summed E-state index contributed by atoms with van der Waals surface area (Å²) in [5.41, 5.74) is 1.05. The van der Waals surface area contributed by atoms with Gasteiger partial charge in [0.25, 0.3) is 0 Å². The predicted octanol–water partition coefficient (Wildman–Crippen LogP) is 2.13. The highest BCUT2D eigenvalue weighted by molar-refractivity contribution is 7.59. The molecule has 0 atom stereocenters. The zero-order valence-electron chi connectivity index (χ0n) is 10.4. The summed E-state index contributed by atoms with van der Waals surface area (Å²) in [6.45, 7) is -0.445. The van der Waals surface area contributed by atoms with Crippen molar-refractivity contribution in [2.45, 2.75) is 0 Å². The van der Waals surface area contributed by atoms with Crippen LogP contribution in [0.1, 0.15) is 15.9 Å². The molecule has 0 aliphatic carbocycles. The van der Waals surface area contributed by atoms with Gasteiger partial charge in [0.2, 0.25) is 0 Å². The maximum absolute atomic E-state index is 12.2. The number of hydrogen-bond donors (Lipinski definition) is 2. The van der Waals surface area contributed by atoms with Gasteiger partial charge in [0.05, 0.1) is 9.77 Å². The lowest BCUT2D eigenvalue weighted by atomic mass is 10.0. The normalized spacial score (nSPS) is 9.10. The van der Waals surface area contributed by atoms with Gasteiger partial charge in [0.1, 0.15) is 5.75 Å². The Morgan fingerprint density at radius 2 is 1.60 bits per heavy atom. The Kier molecular flexibility index (Phi) is 7.05. The van der Waals surface area contributed by atoms with Crippen molar-refractivity contribution in [2.24, 2.45) is 0 Å². The summed E-state index contributed by atoms with van der Waals surface area (Å²) in [4.78, 5) is 12.2. The van der Waals surface area contributed by atoms with Crippen LogP contribution in [0.4, 0.5) is 0 Å². The van der Waals surface area contributed by atoms with Crippen LogP contribution in [0, 0.1) is 0 Å². The molecule has 0 aliphatic rings. The highest BCUT2D eigenvalue weighted by atomic mass is 32.2. The number of rotatable bonds is 4. The lowest BCUT2D eigenvalue weighted by Crippen LogP contribution is -2.05. The molecule has 0 saturated heterocycles. The van der Waals surface area contributed by atoms with Gasteiger partial charge < -0.3 is 9.84 Å². The quantitative estimate of drug-likeness (QED) is 0.390. The first kappa shape index (κ1) is 15.9. The van der Waals surface area contributed by atoms with Crippen LogP contribution in [0.25, 0.3) is 0 Å². The molecule has 2 N–H and O–H groups in total. The summed E-state index contributed by atoms with van der Waals surface area (Å²) < 4.78 is 20.3. The third kappa shape index (κ3) is 4.51. The van der Waals surface area contributed by atoms with Crippen LogP contribution in [0.5, 0.6) is 5.75 Å². The van der Waals surface area contributed by atoms with Crippen molar-refractivity contribution in [1.29, 1.82) is 0 Å². The zero-order valence-corrected chi connectivity index (χ0v) is 11.2. The van der Waals surface area contributed by atoms with Crippen LogP contribution in [0.3, 0.4) is 0 Å². The van der Waals surface area contributed by atoms with Gasteiger partial charge in [-0.2, -0.15) is 0 Å². The molecule has 5 nitrogen and oxygen atoms in total. The van der Waals surface area contributed by atoms with Crippen molar-refractivity contribution < 1.29 is 23.4 Å². The van der Waals surface area contributed by atoms with Crippen LogP contribution in [-0.2, 0) is 16.2 Å². The number of benzene rings is 2. The van der Waals surface area contributed by atoms with Gasteiger partial charge in [-0.05, 0) is 12.1 Å². The topological polar surface area (TPSA) is 83.8 Å². The molecule has 20 heavy (non-hydrogen) atoms. The molecule has 0 unspecified atom stereocenters. The Morgan fingerprint density at radius 1 is 1.05 bits per heavy atom. The van der Waals surface area contributed by atoms with Crippen LogP contribution < -0.4 is 4.74 Å². The third-order valence-electron chi connectivity index (χ3n) is 2.39. The smallest absolute Gasteiger partial charge is 0.467 e. The molecule has 2 rings (SSSR count). The molecule has 104 valence electrons. The van der Waals surface area contributed by atoms with Crippen molar-refractivity contribution in [3.8, 4) is 5.75 Å². The van der Waals surface area contributed by atoms with E-state index < -0.39 is 18.7 Å². The van der Waals surface area contributed by atoms with Crippen molar-refractivity contribution in [3.05, 3.63) is 65.7 Å². The fraction of sp³-hybridized carbons (Fsp3) is 0.0714. The number of carbonyl (C=O) groups is 1. The molecule has 0 aliphatic heterocycles. The highest BCUT2D eigenvalue weighted by Crippen LogP contribution is 2.21. The molecule has 0 saturated carbocycles. The molecule has 0 aromatic heterocycles. The monoisotopic (exact) mass is 293 g/mol. The molecule has 0 fully saturated rings. The molecule has 0 radical (unpaired) electrons. The van der Waals surface area contributed by atoms with Gasteiger partial charge in [-0.25, -0.2) is 0 Å². The largest absolute Gasteiger partial charge is 0.690 e. The molecule has 0 amide bonds. The number of carbonyl (C=O) groups excluding carboxylic acids is 1. The minimum absolute atomic E-state index is 0.116. The van der Waals surface area contributed by atoms with E-state index >= 15 is 0 Å². The van der Waals surface area contributed by atoms with Crippen LogP contribution in [0.2, 0.25) is 0 Å². The van der Waals surface area contributed by atoms with E-state index in [9.17, 15) is 4.79 Å². The number of ketones is 1. The number of para-hydroxylation sites is 1. The van der Waals surface area contributed by atoms with Gasteiger partial charge in [0, 0.05) is 5.56 Å². The van der Waals surface area contributed by atoms with Crippen molar-refractivity contribution in [3.63, 3.8) is 0 Å². The van der Waals surface area contributed by atoms with E-state index in [2.05, 4.69) is 0 Å². The van der Waals surface area contributed by atoms with E-state index in [1.807, 2.05) is 18.2 Å². The Hall–Kier alpha value is -2.15. The van der Waals surface area contributed by atoms with Gasteiger partial charge >= 0.3 is 11.9 Å². The Morgan fingerprint density at radius 3 is 2.20 bits per heavy atom. The second-order valence-corrected chi connectivity index (χ2v) is 3.69. The van der Waals surface area contributed by atoms with Crippen molar-refractivity contribution >= 4 is 17.7 Å². The van der Waals surface area contributed by atoms with Gasteiger partial charge in [-0.15, -0.1) is 0 Å². The summed E-state index contributed by atoms with van der Waals surface area (Å²) >= 11 is -0.500. The summed E-state index contributed by atoms with van der Waals surface area (Å²) in [7, 11) is 0. The molecule has 0 spiro atoms. The number of aliphatic hydroxyl groups excluding tert-OH is 1. The number of hydrogen-bond acceptors (Lipinski definition) is 4. The molecule has 6 heteroatoms. The predicted molar refractivity (Wildman–Crippen MR) is 74.7 cm³/mol. The minimum Gasteiger partial charge on any atom is -0.467 e. The van der Waals surface area contributed by atoms with E-state index in [-0.39, 0.29) is 5.78 Å². The summed E-state index contributed by atoms with van der Waals surface area (Å²) in [6.07, 6.45) is 0. The average Bonchev–Trinajstić information content (AvgIpc) is 2.49. The molecule has 2 aromatic carbocycles. The Balaban J connectivity index is 0.000000612. The first-order valence-electron chi connectivity index (χ1n) is 5.60. The van der Waals surface area contributed by atoms with Crippen LogP contribution in [0.15, 0.2) is 54.6 Å². The summed E-state index contributed by atoms with van der Waals surface area (Å²) in [5.74, 6) is 0.276. The number of aliphatic hydroxyl groups is 1. The van der Waals surface area contributed by atoms with E-state index in [1.165, 1.54) is 0 Å². The third-order valence-corrected chi connectivity index (χ3v) is 2.39. The van der Waals surface area contributed by atoms with Crippen LogP contribution >= 0.6 is 0 Å². The molecule has 0 heterocycles. The minimum atomic E-state index is -0.500. The maximum atomic E-state index is 12.2. The second kappa shape index (κ2) is 8.87. The SMILES string of the molecule is O=C(c1ccccc1)c1ccccc1OCO.O=[S+]O. The fourth-order valence-electron chi connectivity index (χ4n) is 1.59. The molecular formula is C14H13O5S+. The maximum Gasteiger partial charge on any atom is 0.690 e. The summed E-state index contributed by atoms with van der Waals surface area (Å²) in [6, 6.07) is 15.8. The first-order chi connectivity index (χ1) is 9.74. The van der Waals surface area contributed by atoms with Crippen molar-refractivity contribution in [1.82, 2.24) is 0 Å². The lowest BCUT2D eigenvalue weighted by Gasteiger charge is -2.08. The van der Waals surface area contributed by atoms with Crippen LogP contribution in [-0.4, -0.2) is 22.2 Å². The van der Waals surface area contributed by atoms with E-state index in [0.717, 1.165) is 0 Å². The lowest BCUT2D eigenvalue weighted by molar-refractivity contribution is 0.0936. The Labute approximate surface area is 120 Å². The molecule has 0 bridgehead atoms.